The second kappa shape index (κ2) is 5.37. The van der Waals surface area contributed by atoms with Crippen LogP contribution in [0, 0.1) is 0 Å². The van der Waals surface area contributed by atoms with Crippen molar-refractivity contribution >= 4 is 15.9 Å². The summed E-state index contributed by atoms with van der Waals surface area (Å²) < 4.78 is 6.46. The van der Waals surface area contributed by atoms with Gasteiger partial charge in [0.05, 0.1) is 7.11 Å². The number of nitrogens with two attached hydrogens (primary N) is 1. The van der Waals surface area contributed by atoms with Gasteiger partial charge in [0.2, 0.25) is 0 Å². The minimum Gasteiger partial charge on any atom is -0.496 e. The van der Waals surface area contributed by atoms with Gasteiger partial charge in [0.15, 0.2) is 0 Å². The van der Waals surface area contributed by atoms with Crippen LogP contribution in [0.1, 0.15) is 18.1 Å². The van der Waals surface area contributed by atoms with E-state index in [1.807, 2.05) is 0 Å². The average molecular weight is 258 g/mol. The maximum absolute atomic E-state index is 5.53. The Bertz CT molecular complexity index is 312. The first kappa shape index (κ1) is 11.5. The van der Waals surface area contributed by atoms with Crippen LogP contribution in [0.4, 0.5) is 0 Å². The molecule has 1 rings (SSSR count). The summed E-state index contributed by atoms with van der Waals surface area (Å²) in [6.07, 6.45) is 1.85. The van der Waals surface area contributed by atoms with Crippen LogP contribution in [-0.4, -0.2) is 13.7 Å². The molecule has 0 aliphatic rings. The Morgan fingerprint density at radius 2 is 2.07 bits per heavy atom. The van der Waals surface area contributed by atoms with Crippen LogP contribution in [0.15, 0.2) is 16.6 Å². The van der Waals surface area contributed by atoms with Crippen molar-refractivity contribution in [3.63, 3.8) is 0 Å². The highest BCUT2D eigenvalue weighted by Crippen LogP contribution is 2.27. The van der Waals surface area contributed by atoms with Crippen molar-refractivity contribution < 1.29 is 4.74 Å². The van der Waals surface area contributed by atoms with Crippen molar-refractivity contribution in [2.45, 2.75) is 19.8 Å². The van der Waals surface area contributed by atoms with Gasteiger partial charge in [-0.3, -0.25) is 0 Å². The highest BCUT2D eigenvalue weighted by molar-refractivity contribution is 9.10. The number of hydrogen-bond donors (Lipinski definition) is 1. The molecule has 0 bridgehead atoms. The van der Waals surface area contributed by atoms with Crippen LogP contribution in [0.5, 0.6) is 5.75 Å². The molecule has 0 saturated carbocycles. The quantitative estimate of drug-likeness (QED) is 0.900. The molecule has 0 radical (unpaired) electrons. The van der Waals surface area contributed by atoms with Crippen molar-refractivity contribution in [1.82, 2.24) is 0 Å². The third kappa shape index (κ3) is 2.49. The van der Waals surface area contributed by atoms with Gasteiger partial charge in [-0.2, -0.15) is 0 Å². The summed E-state index contributed by atoms with van der Waals surface area (Å²) in [6.45, 7) is 2.77. The van der Waals surface area contributed by atoms with E-state index in [1.54, 1.807) is 7.11 Å². The van der Waals surface area contributed by atoms with E-state index in [-0.39, 0.29) is 0 Å². The van der Waals surface area contributed by atoms with Crippen LogP contribution in [0.3, 0.4) is 0 Å². The maximum Gasteiger partial charge on any atom is 0.122 e. The number of hydrogen-bond acceptors (Lipinski definition) is 2. The molecule has 0 aliphatic carbocycles. The summed E-state index contributed by atoms with van der Waals surface area (Å²) in [5.74, 6) is 0.940. The van der Waals surface area contributed by atoms with Crippen molar-refractivity contribution in [3.05, 3.63) is 27.7 Å². The summed E-state index contributed by atoms with van der Waals surface area (Å²) in [7, 11) is 1.70. The summed E-state index contributed by atoms with van der Waals surface area (Å²) in [6, 6.07) is 4.18. The first-order valence-corrected chi connectivity index (χ1v) is 5.57. The van der Waals surface area contributed by atoms with Gasteiger partial charge in [0, 0.05) is 4.47 Å². The van der Waals surface area contributed by atoms with Gasteiger partial charge in [0.25, 0.3) is 0 Å². The highest BCUT2D eigenvalue weighted by atomic mass is 79.9. The molecule has 1 aromatic rings. The lowest BCUT2D eigenvalue weighted by Crippen LogP contribution is -2.05. The molecule has 2 N–H and O–H groups in total. The Labute approximate surface area is 93.6 Å². The molecular formula is C11H16BrNO. The fourth-order valence-corrected chi connectivity index (χ4v) is 2.12. The van der Waals surface area contributed by atoms with Crippen molar-refractivity contribution in [2.75, 3.05) is 13.7 Å². The molecule has 1 aromatic carbocycles. The molecule has 3 heteroatoms. The van der Waals surface area contributed by atoms with Gasteiger partial charge in [0.1, 0.15) is 5.75 Å². The highest BCUT2D eigenvalue weighted by Gasteiger charge is 2.06. The SMILES string of the molecule is CCc1cc(OC)c(CCN)cc1Br. The van der Waals surface area contributed by atoms with Gasteiger partial charge in [-0.25, -0.2) is 0 Å². The number of benzene rings is 1. The van der Waals surface area contributed by atoms with Gasteiger partial charge in [-0.1, -0.05) is 22.9 Å². The lowest BCUT2D eigenvalue weighted by atomic mass is 10.1. The van der Waals surface area contributed by atoms with Crippen LogP contribution in [0.25, 0.3) is 0 Å². The average Bonchev–Trinajstić information content (AvgIpc) is 2.19. The number of rotatable bonds is 4. The number of ether oxygens (including phenoxy) is 1. The van der Waals surface area contributed by atoms with Crippen LogP contribution in [0.2, 0.25) is 0 Å². The molecule has 0 aromatic heterocycles. The van der Waals surface area contributed by atoms with Gasteiger partial charge in [-0.15, -0.1) is 0 Å². The largest absolute Gasteiger partial charge is 0.496 e. The smallest absolute Gasteiger partial charge is 0.122 e. The Kier molecular flexibility index (Phi) is 4.42. The monoisotopic (exact) mass is 257 g/mol. The first-order valence-electron chi connectivity index (χ1n) is 4.78. The van der Waals surface area contributed by atoms with Crippen LogP contribution in [-0.2, 0) is 12.8 Å². The van der Waals surface area contributed by atoms with Gasteiger partial charge >= 0.3 is 0 Å². The molecule has 0 unspecified atom stereocenters. The zero-order valence-electron chi connectivity index (χ0n) is 8.64. The zero-order valence-corrected chi connectivity index (χ0v) is 10.2. The van der Waals surface area contributed by atoms with E-state index in [4.69, 9.17) is 10.5 Å². The molecule has 2 nitrogen and oxygen atoms in total. The molecule has 0 spiro atoms. The Morgan fingerprint density at radius 3 is 2.57 bits per heavy atom. The third-order valence-electron chi connectivity index (χ3n) is 2.24. The fraction of sp³-hybridized carbons (Fsp3) is 0.455. The molecule has 78 valence electrons. The van der Waals surface area contributed by atoms with Crippen molar-refractivity contribution in [2.24, 2.45) is 5.73 Å². The van der Waals surface area contributed by atoms with E-state index in [0.29, 0.717) is 6.54 Å². The van der Waals surface area contributed by atoms with Crippen LogP contribution >= 0.6 is 15.9 Å². The Morgan fingerprint density at radius 1 is 1.36 bits per heavy atom. The Hall–Kier alpha value is -0.540. The van der Waals surface area contributed by atoms with Gasteiger partial charge in [-0.05, 0) is 42.6 Å². The molecule has 14 heavy (non-hydrogen) atoms. The van der Waals surface area contributed by atoms with E-state index in [0.717, 1.165) is 23.1 Å². The third-order valence-corrected chi connectivity index (χ3v) is 2.98. The summed E-state index contributed by atoms with van der Waals surface area (Å²) in [5, 5.41) is 0. The molecule has 0 aliphatic heterocycles. The Balaban J connectivity index is 3.10. The number of halogens is 1. The van der Waals surface area contributed by atoms with Crippen LogP contribution < -0.4 is 10.5 Å². The van der Waals surface area contributed by atoms with Crippen molar-refractivity contribution in [1.29, 1.82) is 0 Å². The maximum atomic E-state index is 5.53. The second-order valence-corrected chi connectivity index (χ2v) is 4.00. The van der Waals surface area contributed by atoms with Crippen molar-refractivity contribution in [3.8, 4) is 5.75 Å². The molecular weight excluding hydrogens is 242 g/mol. The fourth-order valence-electron chi connectivity index (χ4n) is 1.45. The zero-order chi connectivity index (χ0) is 10.6. The summed E-state index contributed by atoms with van der Waals surface area (Å²) in [4.78, 5) is 0. The first-order chi connectivity index (χ1) is 6.72. The second-order valence-electron chi connectivity index (χ2n) is 3.15. The summed E-state index contributed by atoms with van der Waals surface area (Å²) >= 11 is 3.54. The molecule has 0 atom stereocenters. The molecule has 0 fully saturated rings. The van der Waals surface area contributed by atoms with E-state index in [1.165, 1.54) is 11.1 Å². The summed E-state index contributed by atoms with van der Waals surface area (Å²) in [5.41, 5.74) is 7.97. The molecule has 0 amide bonds. The minimum absolute atomic E-state index is 0.647. The topological polar surface area (TPSA) is 35.2 Å². The van der Waals surface area contributed by atoms with Gasteiger partial charge < -0.3 is 10.5 Å². The molecule has 0 saturated heterocycles. The van der Waals surface area contributed by atoms with E-state index >= 15 is 0 Å². The van der Waals surface area contributed by atoms with E-state index in [2.05, 4.69) is 35.0 Å². The van der Waals surface area contributed by atoms with E-state index < -0.39 is 0 Å². The molecule has 0 heterocycles. The van der Waals surface area contributed by atoms with E-state index in [9.17, 15) is 0 Å². The number of methoxy groups -OCH3 is 1. The lowest BCUT2D eigenvalue weighted by molar-refractivity contribution is 0.409. The lowest BCUT2D eigenvalue weighted by Gasteiger charge is -2.11. The predicted molar refractivity (Wildman–Crippen MR) is 62.8 cm³/mol. The minimum atomic E-state index is 0.647. The predicted octanol–water partition coefficient (Wildman–Crippen LogP) is 2.52. The standard InChI is InChI=1S/C11H16BrNO/c1-3-8-7-11(14-2)9(4-5-13)6-10(8)12/h6-7H,3-5,13H2,1-2H3. The normalized spacial score (nSPS) is 10.3. The number of aryl methyl sites for hydroxylation is 1.